The molecule has 1 amide bonds. The summed E-state index contributed by atoms with van der Waals surface area (Å²) in [6, 6.07) is 14.1. The van der Waals surface area contributed by atoms with E-state index >= 15 is 0 Å². The van der Waals surface area contributed by atoms with Crippen LogP contribution in [0.5, 0.6) is 17.2 Å². The molecule has 1 N–H and O–H groups in total. The Hall–Kier alpha value is -4.56. The molecule has 0 aliphatic rings. The van der Waals surface area contributed by atoms with Crippen LogP contribution in [0.4, 0.5) is 24.5 Å². The molecule has 0 heterocycles. The fraction of sp³-hybridized carbons (Fsp3) is 0.0833. The lowest BCUT2D eigenvalue weighted by Crippen LogP contribution is -2.13. The molecule has 0 unspecified atom stereocenters. The van der Waals surface area contributed by atoms with Crippen molar-refractivity contribution in [3.8, 4) is 23.3 Å². The number of nitrogens with one attached hydrogen (secondary N) is 1. The van der Waals surface area contributed by atoms with E-state index in [0.717, 1.165) is 6.07 Å². The number of nitrogens with zero attached hydrogens (tertiary/aromatic N) is 2. The van der Waals surface area contributed by atoms with E-state index in [1.54, 1.807) is 24.3 Å². The van der Waals surface area contributed by atoms with Gasteiger partial charge in [0.2, 0.25) is 5.75 Å². The van der Waals surface area contributed by atoms with Crippen LogP contribution in [-0.2, 0) is 11.0 Å². The number of anilines is 1. The fourth-order valence-electron chi connectivity index (χ4n) is 2.98. The van der Waals surface area contributed by atoms with Gasteiger partial charge in [0.15, 0.2) is 11.5 Å². The molecule has 0 atom stereocenters. The minimum absolute atomic E-state index is 0.0422. The highest BCUT2D eigenvalue weighted by atomic mass is 35.5. The molecule has 0 saturated carbocycles. The van der Waals surface area contributed by atoms with Crippen LogP contribution in [-0.4, -0.2) is 17.9 Å². The first-order valence-electron chi connectivity index (χ1n) is 9.92. The third-order valence-corrected chi connectivity index (χ3v) is 4.88. The van der Waals surface area contributed by atoms with Crippen LogP contribution in [0.1, 0.15) is 11.1 Å². The van der Waals surface area contributed by atoms with E-state index in [2.05, 4.69) is 5.32 Å². The number of nitro groups is 1. The number of nitro benzene ring substituents is 1. The standard InChI is InChI=1S/C24H15ClF3N3O5/c1-35-22-10-14(9-15(13-29)23(32)30-18-4-2-3-17(25)12-18)5-7-21(22)36-20-8-6-16(24(26,27)28)11-19(20)31(33)34/h2-12H,1H3,(H,30,32)/b15-9+. The highest BCUT2D eigenvalue weighted by molar-refractivity contribution is 6.31. The van der Waals surface area contributed by atoms with Crippen molar-refractivity contribution in [2.45, 2.75) is 6.18 Å². The fourth-order valence-corrected chi connectivity index (χ4v) is 3.17. The highest BCUT2D eigenvalue weighted by Gasteiger charge is 2.33. The van der Waals surface area contributed by atoms with Crippen molar-refractivity contribution in [1.29, 1.82) is 5.26 Å². The summed E-state index contributed by atoms with van der Waals surface area (Å²) in [5.74, 6) is -1.13. The van der Waals surface area contributed by atoms with E-state index in [1.165, 1.54) is 37.5 Å². The summed E-state index contributed by atoms with van der Waals surface area (Å²) in [5, 5.41) is 23.7. The topological polar surface area (TPSA) is 114 Å². The van der Waals surface area contributed by atoms with Crippen LogP contribution >= 0.6 is 11.6 Å². The zero-order chi connectivity index (χ0) is 26.5. The number of carbonyl (C=O) groups is 1. The van der Waals surface area contributed by atoms with Crippen LogP contribution < -0.4 is 14.8 Å². The van der Waals surface area contributed by atoms with Gasteiger partial charge in [-0.3, -0.25) is 14.9 Å². The predicted molar refractivity (Wildman–Crippen MR) is 125 cm³/mol. The predicted octanol–water partition coefficient (Wildman–Crippen LogP) is 6.61. The smallest absolute Gasteiger partial charge is 0.416 e. The van der Waals surface area contributed by atoms with Crippen molar-refractivity contribution >= 4 is 35.0 Å². The Morgan fingerprint density at radius 1 is 1.11 bits per heavy atom. The van der Waals surface area contributed by atoms with E-state index in [0.29, 0.717) is 28.4 Å². The third-order valence-electron chi connectivity index (χ3n) is 4.65. The van der Waals surface area contributed by atoms with Crippen molar-refractivity contribution in [3.05, 3.63) is 92.5 Å². The number of rotatable bonds is 7. The molecular weight excluding hydrogens is 503 g/mol. The molecule has 0 aliphatic heterocycles. The van der Waals surface area contributed by atoms with Gasteiger partial charge in [-0.25, -0.2) is 0 Å². The second kappa shape index (κ2) is 10.8. The Balaban J connectivity index is 1.89. The number of methoxy groups -OCH3 is 1. The van der Waals surface area contributed by atoms with E-state index in [4.69, 9.17) is 21.1 Å². The lowest BCUT2D eigenvalue weighted by atomic mass is 10.1. The van der Waals surface area contributed by atoms with Crippen LogP contribution in [0.3, 0.4) is 0 Å². The largest absolute Gasteiger partial charge is 0.493 e. The lowest BCUT2D eigenvalue weighted by Gasteiger charge is -2.13. The molecule has 0 aromatic heterocycles. The van der Waals surface area contributed by atoms with Gasteiger partial charge in [-0.05, 0) is 54.1 Å². The highest BCUT2D eigenvalue weighted by Crippen LogP contribution is 2.40. The Morgan fingerprint density at radius 3 is 2.44 bits per heavy atom. The zero-order valence-corrected chi connectivity index (χ0v) is 19.1. The number of halogens is 4. The average Bonchev–Trinajstić information content (AvgIpc) is 2.82. The minimum Gasteiger partial charge on any atom is -0.493 e. The van der Waals surface area contributed by atoms with Crippen LogP contribution in [0.2, 0.25) is 5.02 Å². The van der Waals surface area contributed by atoms with E-state index < -0.39 is 34.0 Å². The number of carbonyl (C=O) groups excluding carboxylic acids is 1. The van der Waals surface area contributed by atoms with Gasteiger partial charge in [-0.2, -0.15) is 18.4 Å². The molecule has 0 fully saturated rings. The zero-order valence-electron chi connectivity index (χ0n) is 18.3. The molecule has 12 heteroatoms. The number of alkyl halides is 3. The molecule has 36 heavy (non-hydrogen) atoms. The maximum Gasteiger partial charge on any atom is 0.416 e. The third kappa shape index (κ3) is 6.31. The average molecular weight is 518 g/mol. The number of ether oxygens (including phenoxy) is 2. The quantitative estimate of drug-likeness (QED) is 0.163. The number of hydrogen-bond acceptors (Lipinski definition) is 6. The molecule has 0 bridgehead atoms. The molecule has 0 aliphatic carbocycles. The van der Waals surface area contributed by atoms with Crippen LogP contribution in [0.15, 0.2) is 66.2 Å². The molecule has 184 valence electrons. The van der Waals surface area contributed by atoms with Gasteiger partial charge in [0.1, 0.15) is 11.6 Å². The van der Waals surface area contributed by atoms with Gasteiger partial charge in [-0.1, -0.05) is 23.7 Å². The monoisotopic (exact) mass is 517 g/mol. The molecule has 3 rings (SSSR count). The molecular formula is C24H15ClF3N3O5. The number of hydrogen-bond donors (Lipinski definition) is 1. The van der Waals surface area contributed by atoms with Gasteiger partial charge in [0, 0.05) is 16.8 Å². The van der Waals surface area contributed by atoms with Gasteiger partial charge in [0.05, 0.1) is 17.6 Å². The second-order valence-electron chi connectivity index (χ2n) is 7.08. The van der Waals surface area contributed by atoms with Crippen molar-refractivity contribution in [2.75, 3.05) is 12.4 Å². The Kier molecular flexibility index (Phi) is 7.81. The summed E-state index contributed by atoms with van der Waals surface area (Å²) in [5.41, 5.74) is -1.61. The first-order valence-corrected chi connectivity index (χ1v) is 10.3. The SMILES string of the molecule is COc1cc(/C=C(\C#N)C(=O)Nc2cccc(Cl)c2)ccc1Oc1ccc(C(F)(F)F)cc1[N+](=O)[O-]. The Bertz CT molecular complexity index is 1400. The summed E-state index contributed by atoms with van der Waals surface area (Å²) >= 11 is 5.89. The molecule has 3 aromatic rings. The summed E-state index contributed by atoms with van der Waals surface area (Å²) in [7, 11) is 1.27. The maximum atomic E-state index is 12.9. The summed E-state index contributed by atoms with van der Waals surface area (Å²) in [4.78, 5) is 22.8. The first-order chi connectivity index (χ1) is 17.0. The second-order valence-corrected chi connectivity index (χ2v) is 7.52. The molecule has 0 radical (unpaired) electrons. The number of nitriles is 1. The Labute approximate surface area is 207 Å². The van der Waals surface area contributed by atoms with Crippen molar-refractivity contribution in [3.63, 3.8) is 0 Å². The summed E-state index contributed by atoms with van der Waals surface area (Å²) in [6.07, 6.45) is -3.50. The van der Waals surface area contributed by atoms with Gasteiger partial charge < -0.3 is 14.8 Å². The normalized spacial score (nSPS) is 11.4. The van der Waals surface area contributed by atoms with E-state index in [1.807, 2.05) is 0 Å². The molecule has 0 saturated heterocycles. The van der Waals surface area contributed by atoms with Gasteiger partial charge in [0.25, 0.3) is 5.91 Å². The molecule has 8 nitrogen and oxygen atoms in total. The van der Waals surface area contributed by atoms with Crippen LogP contribution in [0, 0.1) is 21.4 Å². The molecule has 3 aromatic carbocycles. The van der Waals surface area contributed by atoms with Crippen molar-refractivity contribution in [2.24, 2.45) is 0 Å². The lowest BCUT2D eigenvalue weighted by molar-refractivity contribution is -0.385. The van der Waals surface area contributed by atoms with Crippen molar-refractivity contribution in [1.82, 2.24) is 0 Å². The van der Waals surface area contributed by atoms with E-state index in [9.17, 15) is 33.3 Å². The van der Waals surface area contributed by atoms with Gasteiger partial charge in [-0.15, -0.1) is 0 Å². The molecule has 0 spiro atoms. The number of benzene rings is 3. The Morgan fingerprint density at radius 2 is 1.83 bits per heavy atom. The minimum atomic E-state index is -4.77. The van der Waals surface area contributed by atoms with E-state index in [-0.39, 0.29) is 17.1 Å². The van der Waals surface area contributed by atoms with Crippen LogP contribution in [0.25, 0.3) is 6.08 Å². The number of amides is 1. The maximum absolute atomic E-state index is 12.9. The summed E-state index contributed by atoms with van der Waals surface area (Å²) < 4.78 is 49.5. The summed E-state index contributed by atoms with van der Waals surface area (Å²) in [6.45, 7) is 0. The van der Waals surface area contributed by atoms with Gasteiger partial charge >= 0.3 is 11.9 Å². The first kappa shape index (κ1) is 26.1. The van der Waals surface area contributed by atoms with Crippen molar-refractivity contribution < 1.29 is 32.4 Å².